The molecule has 21 heavy (non-hydrogen) atoms. The Hall–Kier alpha value is -2.63. The Morgan fingerprint density at radius 2 is 2.38 bits per heavy atom. The van der Waals surface area contributed by atoms with Crippen molar-refractivity contribution in [1.82, 2.24) is 19.8 Å². The third kappa shape index (κ3) is 2.40. The number of likely N-dealkylation sites (tertiary alicyclic amines) is 1. The number of carbonyl (C=O) groups is 2. The van der Waals surface area contributed by atoms with E-state index in [0.29, 0.717) is 30.6 Å². The molecule has 1 fully saturated rings. The Labute approximate surface area is 123 Å². The summed E-state index contributed by atoms with van der Waals surface area (Å²) in [5.41, 5.74) is 1.07. The highest BCUT2D eigenvalue weighted by atomic mass is 16.2. The zero-order valence-corrected chi connectivity index (χ0v) is 11.5. The van der Waals surface area contributed by atoms with Crippen LogP contribution < -0.4 is 5.32 Å². The van der Waals surface area contributed by atoms with Crippen LogP contribution >= 0.6 is 0 Å². The molecule has 3 heterocycles. The number of fused-ring (bicyclic) bond motifs is 1. The van der Waals surface area contributed by atoms with Crippen molar-refractivity contribution in [3.8, 4) is 0 Å². The van der Waals surface area contributed by atoms with Crippen LogP contribution in [-0.4, -0.2) is 39.4 Å². The summed E-state index contributed by atoms with van der Waals surface area (Å²) < 4.78 is 9.20. The van der Waals surface area contributed by atoms with E-state index >= 15 is 0 Å². The Balaban J connectivity index is 1.81. The molecule has 2 aromatic rings. The summed E-state index contributed by atoms with van der Waals surface area (Å²) >= 11 is 0. The number of nitrogens with zero attached hydrogens (tertiary/aromatic N) is 3. The van der Waals surface area contributed by atoms with Gasteiger partial charge in [-0.25, -0.2) is 4.52 Å². The first-order valence-electron chi connectivity index (χ1n) is 7.25. The molecule has 1 aliphatic heterocycles. The van der Waals surface area contributed by atoms with E-state index in [1.807, 2.05) is 0 Å². The smallest absolute Gasteiger partial charge is 0.257 e. The van der Waals surface area contributed by atoms with Gasteiger partial charge in [-0.3, -0.25) is 9.59 Å². The van der Waals surface area contributed by atoms with Crippen LogP contribution in [0.1, 0.15) is 18.1 Å². The Kier molecular flexibility index (Phi) is 3.12. The quantitative estimate of drug-likeness (QED) is 0.917. The van der Waals surface area contributed by atoms with Crippen LogP contribution in [0.15, 0.2) is 43.3 Å². The van der Waals surface area contributed by atoms with Gasteiger partial charge in [-0.2, -0.15) is 5.10 Å². The molecule has 1 N–H and O–H groups in total. The van der Waals surface area contributed by atoms with Crippen molar-refractivity contribution in [1.29, 1.82) is 0 Å². The first-order valence-corrected chi connectivity index (χ1v) is 6.75. The molecule has 3 rings (SSSR count). The largest absolute Gasteiger partial charge is 0.338 e. The van der Waals surface area contributed by atoms with Gasteiger partial charge in [0.15, 0.2) is 0 Å². The fourth-order valence-corrected chi connectivity index (χ4v) is 2.59. The van der Waals surface area contributed by atoms with Gasteiger partial charge in [-0.1, -0.05) is 12.6 Å². The van der Waals surface area contributed by atoms with Gasteiger partial charge in [0.1, 0.15) is 0 Å². The molecule has 108 valence electrons. The van der Waals surface area contributed by atoms with Crippen molar-refractivity contribution in [2.45, 2.75) is 6.42 Å². The van der Waals surface area contributed by atoms with Gasteiger partial charge in [-0.15, -0.1) is 0 Å². The minimum absolute atomic E-state index is 0.112. The summed E-state index contributed by atoms with van der Waals surface area (Å²) in [6.45, 7) is 4.39. The van der Waals surface area contributed by atoms with Crippen LogP contribution in [0.3, 0.4) is 0 Å². The molecule has 1 saturated heterocycles. The zero-order valence-electron chi connectivity index (χ0n) is 12.5. The first-order chi connectivity index (χ1) is 10.6. The zero-order chi connectivity index (χ0) is 15.7. The van der Waals surface area contributed by atoms with Crippen molar-refractivity contribution in [2.75, 3.05) is 13.1 Å². The second kappa shape index (κ2) is 5.40. The lowest BCUT2D eigenvalue weighted by Gasteiger charge is -2.15. The van der Waals surface area contributed by atoms with Gasteiger partial charge in [0.25, 0.3) is 5.91 Å². The Morgan fingerprint density at radius 3 is 3.19 bits per heavy atom. The summed E-state index contributed by atoms with van der Waals surface area (Å²) in [4.78, 5) is 26.1. The molecular formula is C15H16N4O2. The molecule has 1 aliphatic rings. The van der Waals surface area contributed by atoms with E-state index < -0.39 is 0 Å². The standard InChI is InChI=1S/C15H16N4O2/c1-2-16-14(20)11-6-8-18(10-11)15(21)12-9-17-19-7-4-3-5-13(12)19/h2-5,7,9,11H,1,6,8,10H2,(H,16,20)/i7T. The number of nitrogens with one attached hydrogen (secondary N) is 1. The summed E-state index contributed by atoms with van der Waals surface area (Å²) in [5.74, 6) is -0.483. The van der Waals surface area contributed by atoms with Gasteiger partial charge in [0.05, 0.1) is 24.6 Å². The van der Waals surface area contributed by atoms with Gasteiger partial charge < -0.3 is 10.2 Å². The molecule has 0 bridgehead atoms. The van der Waals surface area contributed by atoms with Crippen molar-refractivity contribution in [3.63, 3.8) is 0 Å². The lowest BCUT2D eigenvalue weighted by atomic mass is 10.1. The first kappa shape index (κ1) is 12.1. The lowest BCUT2D eigenvalue weighted by molar-refractivity contribution is -0.123. The SMILES string of the molecule is [3H]c1cccc2c(C(=O)N3CCC(C(=O)NC=C)C3)cnn12. The number of aromatic nitrogens is 2. The van der Waals surface area contributed by atoms with Crippen LogP contribution in [0.5, 0.6) is 0 Å². The van der Waals surface area contributed by atoms with Gasteiger partial charge >= 0.3 is 0 Å². The average Bonchev–Trinajstić information content (AvgIpc) is 3.15. The van der Waals surface area contributed by atoms with Crippen LogP contribution in [0, 0.1) is 5.92 Å². The number of hydrogen-bond donors (Lipinski definition) is 1. The number of carbonyl (C=O) groups excluding carboxylic acids is 2. The van der Waals surface area contributed by atoms with Gasteiger partial charge in [0, 0.05) is 19.3 Å². The second-order valence-corrected chi connectivity index (χ2v) is 4.96. The van der Waals surface area contributed by atoms with Gasteiger partial charge in [-0.05, 0) is 24.8 Å². The topological polar surface area (TPSA) is 66.7 Å². The highest BCUT2D eigenvalue weighted by Crippen LogP contribution is 2.20. The van der Waals surface area contributed by atoms with E-state index in [1.165, 1.54) is 16.9 Å². The molecule has 2 amide bonds. The molecule has 6 heteroatoms. The lowest BCUT2D eigenvalue weighted by Crippen LogP contribution is -2.32. The number of pyridine rings is 1. The molecule has 1 unspecified atom stereocenters. The van der Waals surface area contributed by atoms with E-state index in [1.54, 1.807) is 23.1 Å². The maximum atomic E-state index is 12.6. The predicted molar refractivity (Wildman–Crippen MR) is 77.5 cm³/mol. The Morgan fingerprint density at radius 1 is 1.52 bits per heavy atom. The minimum Gasteiger partial charge on any atom is -0.338 e. The number of hydrogen-bond acceptors (Lipinski definition) is 3. The maximum absolute atomic E-state index is 12.6. The van der Waals surface area contributed by atoms with Crippen LogP contribution in [0.2, 0.25) is 0 Å². The maximum Gasteiger partial charge on any atom is 0.257 e. The molecule has 1 atom stereocenters. The van der Waals surface area contributed by atoms with E-state index in [2.05, 4.69) is 17.0 Å². The highest BCUT2D eigenvalue weighted by molar-refractivity contribution is 6.01. The number of rotatable bonds is 3. The second-order valence-electron chi connectivity index (χ2n) is 4.96. The third-order valence-electron chi connectivity index (χ3n) is 3.67. The van der Waals surface area contributed by atoms with Crippen LogP contribution in [0.25, 0.3) is 5.52 Å². The molecule has 0 aliphatic carbocycles. The van der Waals surface area contributed by atoms with E-state index in [9.17, 15) is 9.59 Å². The fourth-order valence-electron chi connectivity index (χ4n) is 2.59. The van der Waals surface area contributed by atoms with Crippen molar-refractivity contribution in [2.24, 2.45) is 5.92 Å². The van der Waals surface area contributed by atoms with Gasteiger partial charge in [0.2, 0.25) is 5.91 Å². The van der Waals surface area contributed by atoms with Crippen molar-refractivity contribution >= 4 is 17.3 Å². The average molecular weight is 286 g/mol. The highest BCUT2D eigenvalue weighted by Gasteiger charge is 2.32. The van der Waals surface area contributed by atoms with E-state index in [4.69, 9.17) is 1.37 Å². The summed E-state index contributed by atoms with van der Waals surface area (Å²) in [6, 6.07) is 5.09. The number of amides is 2. The molecule has 0 aromatic carbocycles. The Bertz CT molecular complexity index is 755. The van der Waals surface area contributed by atoms with Crippen LogP contribution in [-0.2, 0) is 4.79 Å². The van der Waals surface area contributed by atoms with Crippen molar-refractivity contribution < 1.29 is 11.0 Å². The third-order valence-corrected chi connectivity index (χ3v) is 3.67. The van der Waals surface area contributed by atoms with Crippen molar-refractivity contribution in [3.05, 3.63) is 48.9 Å². The molecule has 0 spiro atoms. The molecule has 2 aromatic heterocycles. The predicted octanol–water partition coefficient (Wildman–Crippen LogP) is 1.06. The summed E-state index contributed by atoms with van der Waals surface area (Å²) in [7, 11) is 0. The fraction of sp³-hybridized carbons (Fsp3) is 0.267. The van der Waals surface area contributed by atoms with Crippen LogP contribution in [0.4, 0.5) is 0 Å². The molecular weight excluding hydrogens is 268 g/mol. The van der Waals surface area contributed by atoms with E-state index in [0.717, 1.165) is 0 Å². The summed E-state index contributed by atoms with van der Waals surface area (Å²) in [5, 5.41) is 6.65. The summed E-state index contributed by atoms with van der Waals surface area (Å²) in [6.07, 6.45) is 3.69. The monoisotopic (exact) mass is 286 g/mol. The van der Waals surface area contributed by atoms with E-state index in [-0.39, 0.29) is 23.9 Å². The minimum atomic E-state index is -0.212. The molecule has 6 nitrogen and oxygen atoms in total. The molecule has 0 radical (unpaired) electrons. The normalized spacial score (nSPS) is 18.6. The molecule has 0 saturated carbocycles.